The largest absolute Gasteiger partial charge is 0.468 e. The fourth-order valence-corrected chi connectivity index (χ4v) is 4.16. The Kier molecular flexibility index (Phi) is 7.77. The van der Waals surface area contributed by atoms with Crippen LogP contribution in [-0.4, -0.2) is 58.9 Å². The van der Waals surface area contributed by atoms with Crippen LogP contribution in [0, 0.1) is 0 Å². The Morgan fingerprint density at radius 3 is 2.32 bits per heavy atom. The number of carbonyl (C=O) groups excluding carboxylic acids is 2. The first kappa shape index (κ1) is 21.6. The van der Waals surface area contributed by atoms with Crippen molar-refractivity contribution in [1.29, 1.82) is 0 Å². The summed E-state index contributed by atoms with van der Waals surface area (Å²) >= 11 is 0. The van der Waals surface area contributed by atoms with Crippen LogP contribution in [0.4, 0.5) is 0 Å². The molecule has 0 saturated carbocycles. The number of hydrogen-bond acceptors (Lipinski definition) is 6. The summed E-state index contributed by atoms with van der Waals surface area (Å²) in [4.78, 5) is 26.0. The summed E-state index contributed by atoms with van der Waals surface area (Å²) in [5, 5.41) is 3.77. The molecule has 0 aliphatic carbocycles. The zero-order valence-corrected chi connectivity index (χ0v) is 16.7. The van der Waals surface area contributed by atoms with Gasteiger partial charge in [-0.15, -0.1) is 0 Å². The van der Waals surface area contributed by atoms with Crippen LogP contribution in [0.5, 0.6) is 0 Å². The smallest absolute Gasteiger partial charge is 0.309 e. The van der Waals surface area contributed by atoms with Gasteiger partial charge in [0, 0.05) is 13.1 Å². The maximum Gasteiger partial charge on any atom is 0.309 e. The molecule has 1 aromatic carbocycles. The van der Waals surface area contributed by atoms with Gasteiger partial charge < -0.3 is 20.0 Å². The molecule has 0 radical (unpaired) electrons. The van der Waals surface area contributed by atoms with Gasteiger partial charge in [0.1, 0.15) is 11.0 Å². The Morgan fingerprint density at radius 1 is 1.04 bits per heavy atom. The molecule has 1 heterocycles. The Hall–Kier alpha value is -2.65. The van der Waals surface area contributed by atoms with Gasteiger partial charge >= 0.3 is 11.8 Å². The average molecular weight is 407 g/mol. The number of furan rings is 1. The van der Waals surface area contributed by atoms with Gasteiger partial charge in [0.05, 0.1) is 11.2 Å². The van der Waals surface area contributed by atoms with Gasteiger partial charge in [-0.3, -0.25) is 9.59 Å². The van der Waals surface area contributed by atoms with Gasteiger partial charge in [-0.05, 0) is 51.3 Å². The lowest BCUT2D eigenvalue weighted by Gasteiger charge is -2.16. The van der Waals surface area contributed by atoms with E-state index in [-0.39, 0.29) is 17.2 Å². The lowest BCUT2D eigenvalue weighted by Crippen LogP contribution is -2.42. The standard InChI is InChI=1S/C19H25N3O5S/c1-22(2)12-7-11-20-18(23)19(24)21-14-17(16-10-6-13-27-16)28(25,26)15-8-4-3-5-9-15/h3-6,8-10,13,17H,7,11-12,14H2,1-2H3,(H,20,23)(H,21,24)/t17-/m0/s1. The number of hydrogen-bond donors (Lipinski definition) is 2. The summed E-state index contributed by atoms with van der Waals surface area (Å²) < 4.78 is 31.2. The lowest BCUT2D eigenvalue weighted by molar-refractivity contribution is -0.139. The molecule has 2 amide bonds. The Labute approximate surface area is 164 Å². The molecular formula is C19H25N3O5S. The van der Waals surface area contributed by atoms with E-state index >= 15 is 0 Å². The first-order valence-electron chi connectivity index (χ1n) is 8.85. The summed E-state index contributed by atoms with van der Waals surface area (Å²) in [6.07, 6.45) is 2.06. The van der Waals surface area contributed by atoms with Crippen molar-refractivity contribution in [2.45, 2.75) is 16.6 Å². The zero-order valence-electron chi connectivity index (χ0n) is 15.9. The predicted octanol–water partition coefficient (Wildman–Crippen LogP) is 0.979. The summed E-state index contributed by atoms with van der Waals surface area (Å²) in [5.41, 5.74) is 0. The van der Waals surface area contributed by atoms with Crippen molar-refractivity contribution in [2.75, 3.05) is 33.7 Å². The minimum atomic E-state index is -3.82. The molecule has 2 aromatic rings. The topological polar surface area (TPSA) is 109 Å². The number of nitrogens with one attached hydrogen (secondary N) is 2. The first-order chi connectivity index (χ1) is 13.3. The molecule has 9 heteroatoms. The second-order valence-corrected chi connectivity index (χ2v) is 8.62. The van der Waals surface area contributed by atoms with E-state index in [2.05, 4.69) is 10.6 Å². The van der Waals surface area contributed by atoms with Crippen LogP contribution in [0.3, 0.4) is 0 Å². The molecule has 0 saturated heterocycles. The third kappa shape index (κ3) is 5.93. The highest BCUT2D eigenvalue weighted by Gasteiger charge is 2.32. The van der Waals surface area contributed by atoms with Gasteiger partial charge in [0.25, 0.3) is 0 Å². The Balaban J connectivity index is 2.03. The SMILES string of the molecule is CN(C)CCCNC(=O)C(=O)NC[C@@H](c1ccco1)S(=O)(=O)c1ccccc1. The molecule has 1 aromatic heterocycles. The third-order valence-corrected chi connectivity index (χ3v) is 6.11. The number of sulfone groups is 1. The van der Waals surface area contributed by atoms with E-state index in [1.807, 2.05) is 19.0 Å². The molecule has 152 valence electrons. The van der Waals surface area contributed by atoms with E-state index < -0.39 is 26.9 Å². The highest BCUT2D eigenvalue weighted by atomic mass is 32.2. The van der Waals surface area contributed by atoms with E-state index in [1.54, 1.807) is 24.3 Å². The van der Waals surface area contributed by atoms with Crippen molar-refractivity contribution in [1.82, 2.24) is 15.5 Å². The van der Waals surface area contributed by atoms with Crippen molar-refractivity contribution in [2.24, 2.45) is 0 Å². The van der Waals surface area contributed by atoms with Gasteiger partial charge in [-0.1, -0.05) is 18.2 Å². The first-order valence-corrected chi connectivity index (χ1v) is 10.4. The fourth-order valence-electron chi connectivity index (χ4n) is 2.56. The average Bonchev–Trinajstić information content (AvgIpc) is 3.19. The molecule has 2 N–H and O–H groups in total. The molecule has 2 rings (SSSR count). The van der Waals surface area contributed by atoms with Crippen molar-refractivity contribution in [3.05, 3.63) is 54.5 Å². The second-order valence-electron chi connectivity index (χ2n) is 6.48. The van der Waals surface area contributed by atoms with E-state index in [0.29, 0.717) is 13.0 Å². The molecule has 28 heavy (non-hydrogen) atoms. The minimum absolute atomic E-state index is 0.110. The molecule has 0 spiro atoms. The van der Waals surface area contributed by atoms with Crippen LogP contribution in [-0.2, 0) is 19.4 Å². The van der Waals surface area contributed by atoms with Crippen LogP contribution < -0.4 is 10.6 Å². The molecule has 0 bridgehead atoms. The van der Waals surface area contributed by atoms with Gasteiger partial charge in [0.15, 0.2) is 9.84 Å². The van der Waals surface area contributed by atoms with Crippen LogP contribution in [0.25, 0.3) is 0 Å². The number of carbonyl (C=O) groups is 2. The third-order valence-electron chi connectivity index (χ3n) is 4.03. The van der Waals surface area contributed by atoms with E-state index in [9.17, 15) is 18.0 Å². The Bertz CT molecular complexity index is 864. The maximum absolute atomic E-state index is 13.0. The predicted molar refractivity (Wildman–Crippen MR) is 104 cm³/mol. The summed E-state index contributed by atoms with van der Waals surface area (Å²) in [6, 6.07) is 11.0. The zero-order chi connectivity index (χ0) is 20.6. The minimum Gasteiger partial charge on any atom is -0.468 e. The van der Waals surface area contributed by atoms with Gasteiger partial charge in [-0.2, -0.15) is 0 Å². The van der Waals surface area contributed by atoms with E-state index in [0.717, 1.165) is 6.54 Å². The maximum atomic E-state index is 13.0. The molecule has 0 unspecified atom stereocenters. The Morgan fingerprint density at radius 2 is 1.71 bits per heavy atom. The number of amides is 2. The van der Waals surface area contributed by atoms with Crippen LogP contribution in [0.1, 0.15) is 17.4 Å². The van der Waals surface area contributed by atoms with Crippen LogP contribution in [0.2, 0.25) is 0 Å². The molecule has 1 atom stereocenters. The van der Waals surface area contributed by atoms with Crippen LogP contribution in [0.15, 0.2) is 58.0 Å². The van der Waals surface area contributed by atoms with Crippen molar-refractivity contribution in [3.8, 4) is 0 Å². The lowest BCUT2D eigenvalue weighted by atomic mass is 10.3. The number of nitrogens with zero attached hydrogens (tertiary/aromatic N) is 1. The van der Waals surface area contributed by atoms with Crippen molar-refractivity contribution >= 4 is 21.7 Å². The van der Waals surface area contributed by atoms with Crippen molar-refractivity contribution in [3.63, 3.8) is 0 Å². The quantitative estimate of drug-likeness (QED) is 0.474. The molecule has 8 nitrogen and oxygen atoms in total. The molecule has 0 fully saturated rings. The fraction of sp³-hybridized carbons (Fsp3) is 0.368. The summed E-state index contributed by atoms with van der Waals surface area (Å²) in [5.74, 6) is -1.49. The summed E-state index contributed by atoms with van der Waals surface area (Å²) in [6.45, 7) is 0.848. The van der Waals surface area contributed by atoms with E-state index in [1.165, 1.54) is 24.5 Å². The van der Waals surface area contributed by atoms with Crippen molar-refractivity contribution < 1.29 is 22.4 Å². The highest BCUT2D eigenvalue weighted by Crippen LogP contribution is 2.28. The second kappa shape index (κ2) is 10.0. The number of benzene rings is 1. The molecule has 0 aliphatic heterocycles. The molecule has 0 aliphatic rings. The monoisotopic (exact) mass is 407 g/mol. The molecular weight excluding hydrogens is 382 g/mol. The van der Waals surface area contributed by atoms with Gasteiger partial charge in [0.2, 0.25) is 0 Å². The normalized spacial score (nSPS) is 12.5. The van der Waals surface area contributed by atoms with E-state index in [4.69, 9.17) is 4.42 Å². The number of rotatable bonds is 9. The van der Waals surface area contributed by atoms with Gasteiger partial charge in [-0.25, -0.2) is 8.42 Å². The summed E-state index contributed by atoms with van der Waals surface area (Å²) in [7, 11) is 0.00482. The highest BCUT2D eigenvalue weighted by molar-refractivity contribution is 7.91. The van der Waals surface area contributed by atoms with Crippen LogP contribution >= 0.6 is 0 Å².